The van der Waals surface area contributed by atoms with E-state index in [2.05, 4.69) is 88.4 Å². The standard InChI is InChI=1S/C26H30O2/c1-18-9-7-8-10-21(18)17-26(4,22-11-13-24(27-5)19(2)15-22)23-12-14-25(28-6)20(3)16-23/h7-16H,17H2,1-6H3. The molecule has 2 nitrogen and oxygen atoms in total. The second kappa shape index (κ2) is 8.10. The maximum atomic E-state index is 5.49. The summed E-state index contributed by atoms with van der Waals surface area (Å²) in [6.07, 6.45) is 0.928. The highest BCUT2D eigenvalue weighted by Crippen LogP contribution is 2.39. The van der Waals surface area contributed by atoms with Crippen LogP contribution in [-0.2, 0) is 11.8 Å². The molecule has 3 aromatic rings. The fourth-order valence-corrected chi connectivity index (χ4v) is 4.00. The fourth-order valence-electron chi connectivity index (χ4n) is 4.00. The first kappa shape index (κ1) is 20.0. The Kier molecular flexibility index (Phi) is 5.79. The van der Waals surface area contributed by atoms with Crippen LogP contribution in [0, 0.1) is 20.8 Å². The smallest absolute Gasteiger partial charge is 0.121 e. The zero-order valence-electron chi connectivity index (χ0n) is 17.8. The summed E-state index contributed by atoms with van der Waals surface area (Å²) >= 11 is 0. The van der Waals surface area contributed by atoms with E-state index in [4.69, 9.17) is 9.47 Å². The Balaban J connectivity index is 2.17. The van der Waals surface area contributed by atoms with Crippen LogP contribution in [-0.4, -0.2) is 14.2 Å². The van der Waals surface area contributed by atoms with Gasteiger partial charge in [-0.15, -0.1) is 0 Å². The fraction of sp³-hybridized carbons (Fsp3) is 0.308. The van der Waals surface area contributed by atoms with Crippen molar-refractivity contribution in [3.8, 4) is 11.5 Å². The monoisotopic (exact) mass is 374 g/mol. The second-order valence-corrected chi connectivity index (χ2v) is 7.80. The minimum atomic E-state index is -0.166. The molecule has 0 aliphatic carbocycles. The Morgan fingerprint density at radius 3 is 1.61 bits per heavy atom. The predicted molar refractivity (Wildman–Crippen MR) is 117 cm³/mol. The van der Waals surface area contributed by atoms with Gasteiger partial charge in [0.2, 0.25) is 0 Å². The first-order chi connectivity index (χ1) is 13.4. The number of hydrogen-bond acceptors (Lipinski definition) is 2. The van der Waals surface area contributed by atoms with Crippen LogP contribution in [0.2, 0.25) is 0 Å². The summed E-state index contributed by atoms with van der Waals surface area (Å²) in [5.41, 5.74) is 7.41. The Labute approximate surface area is 169 Å². The highest BCUT2D eigenvalue weighted by atomic mass is 16.5. The zero-order valence-corrected chi connectivity index (χ0v) is 17.8. The molecule has 0 bridgehead atoms. The molecule has 0 aliphatic rings. The number of methoxy groups -OCH3 is 2. The molecule has 0 N–H and O–H groups in total. The van der Waals surface area contributed by atoms with Crippen molar-refractivity contribution in [3.05, 3.63) is 94.0 Å². The van der Waals surface area contributed by atoms with E-state index in [9.17, 15) is 0 Å². The molecule has 0 fully saturated rings. The third kappa shape index (κ3) is 3.77. The van der Waals surface area contributed by atoms with Gasteiger partial charge in [-0.3, -0.25) is 0 Å². The summed E-state index contributed by atoms with van der Waals surface area (Å²) in [6.45, 7) is 8.74. The normalized spacial score (nSPS) is 11.4. The van der Waals surface area contributed by atoms with Crippen molar-refractivity contribution >= 4 is 0 Å². The molecule has 2 heteroatoms. The lowest BCUT2D eigenvalue weighted by Gasteiger charge is -2.33. The molecule has 0 aliphatic heterocycles. The van der Waals surface area contributed by atoms with E-state index in [1.165, 1.54) is 22.3 Å². The number of ether oxygens (including phenoxy) is 2. The van der Waals surface area contributed by atoms with E-state index in [1.807, 2.05) is 0 Å². The summed E-state index contributed by atoms with van der Waals surface area (Å²) in [6, 6.07) is 21.7. The second-order valence-electron chi connectivity index (χ2n) is 7.80. The summed E-state index contributed by atoms with van der Waals surface area (Å²) < 4.78 is 11.0. The Hall–Kier alpha value is -2.74. The maximum absolute atomic E-state index is 5.49. The van der Waals surface area contributed by atoms with Crippen molar-refractivity contribution in [2.75, 3.05) is 14.2 Å². The van der Waals surface area contributed by atoms with Crippen molar-refractivity contribution in [1.82, 2.24) is 0 Å². The number of hydrogen-bond donors (Lipinski definition) is 0. The van der Waals surface area contributed by atoms with Crippen molar-refractivity contribution < 1.29 is 9.47 Å². The van der Waals surface area contributed by atoms with Gasteiger partial charge in [-0.25, -0.2) is 0 Å². The Bertz CT molecular complexity index is 918. The largest absolute Gasteiger partial charge is 0.496 e. The SMILES string of the molecule is COc1ccc(C(C)(Cc2ccccc2C)c2ccc(OC)c(C)c2)cc1C. The van der Waals surface area contributed by atoms with Crippen LogP contribution in [0.15, 0.2) is 60.7 Å². The van der Waals surface area contributed by atoms with Crippen LogP contribution < -0.4 is 9.47 Å². The molecule has 0 radical (unpaired) electrons. The van der Waals surface area contributed by atoms with Gasteiger partial charge in [0.1, 0.15) is 11.5 Å². The Morgan fingerprint density at radius 2 is 1.18 bits per heavy atom. The molecule has 0 spiro atoms. The molecule has 0 atom stereocenters. The van der Waals surface area contributed by atoms with Crippen LogP contribution >= 0.6 is 0 Å². The van der Waals surface area contributed by atoms with Gasteiger partial charge in [0, 0.05) is 5.41 Å². The molecule has 0 heterocycles. The maximum Gasteiger partial charge on any atom is 0.121 e. The summed E-state index contributed by atoms with van der Waals surface area (Å²) in [5, 5.41) is 0. The highest BCUT2D eigenvalue weighted by Gasteiger charge is 2.31. The summed E-state index contributed by atoms with van der Waals surface area (Å²) in [7, 11) is 3.45. The molecule has 3 aromatic carbocycles. The zero-order chi connectivity index (χ0) is 20.3. The molecule has 0 saturated carbocycles. The topological polar surface area (TPSA) is 18.5 Å². The minimum absolute atomic E-state index is 0.166. The van der Waals surface area contributed by atoms with Crippen molar-refractivity contribution in [1.29, 1.82) is 0 Å². The average Bonchev–Trinajstić information content (AvgIpc) is 2.69. The van der Waals surface area contributed by atoms with E-state index in [0.717, 1.165) is 29.0 Å². The van der Waals surface area contributed by atoms with Crippen LogP contribution in [0.5, 0.6) is 11.5 Å². The van der Waals surface area contributed by atoms with Gasteiger partial charge >= 0.3 is 0 Å². The molecule has 146 valence electrons. The highest BCUT2D eigenvalue weighted by molar-refractivity contribution is 5.49. The van der Waals surface area contributed by atoms with Gasteiger partial charge in [-0.1, -0.05) is 55.5 Å². The van der Waals surface area contributed by atoms with Gasteiger partial charge in [-0.05, 0) is 72.7 Å². The first-order valence-corrected chi connectivity index (χ1v) is 9.74. The van der Waals surface area contributed by atoms with E-state index in [1.54, 1.807) is 14.2 Å². The lowest BCUT2D eigenvalue weighted by molar-refractivity contribution is 0.410. The van der Waals surface area contributed by atoms with Gasteiger partial charge in [-0.2, -0.15) is 0 Å². The first-order valence-electron chi connectivity index (χ1n) is 9.74. The predicted octanol–water partition coefficient (Wildman–Crippen LogP) is 6.18. The molecule has 3 rings (SSSR count). The van der Waals surface area contributed by atoms with Gasteiger partial charge < -0.3 is 9.47 Å². The quantitative estimate of drug-likeness (QED) is 0.513. The number of aryl methyl sites for hydroxylation is 3. The van der Waals surface area contributed by atoms with Crippen molar-refractivity contribution in [3.63, 3.8) is 0 Å². The van der Waals surface area contributed by atoms with E-state index in [0.29, 0.717) is 0 Å². The lowest BCUT2D eigenvalue weighted by atomic mass is 9.71. The molecular weight excluding hydrogens is 344 g/mol. The minimum Gasteiger partial charge on any atom is -0.496 e. The molecule has 0 unspecified atom stereocenters. The molecule has 0 saturated heterocycles. The average molecular weight is 375 g/mol. The van der Waals surface area contributed by atoms with E-state index >= 15 is 0 Å². The lowest BCUT2D eigenvalue weighted by Crippen LogP contribution is -2.27. The van der Waals surface area contributed by atoms with Crippen molar-refractivity contribution in [2.45, 2.75) is 39.5 Å². The van der Waals surface area contributed by atoms with Gasteiger partial charge in [0.05, 0.1) is 14.2 Å². The third-order valence-corrected chi connectivity index (χ3v) is 5.87. The number of benzene rings is 3. The van der Waals surface area contributed by atoms with Crippen LogP contribution in [0.1, 0.15) is 40.3 Å². The van der Waals surface area contributed by atoms with Crippen LogP contribution in [0.3, 0.4) is 0 Å². The third-order valence-electron chi connectivity index (χ3n) is 5.87. The summed E-state index contributed by atoms with van der Waals surface area (Å²) in [5.74, 6) is 1.85. The number of rotatable bonds is 6. The van der Waals surface area contributed by atoms with Gasteiger partial charge in [0.15, 0.2) is 0 Å². The van der Waals surface area contributed by atoms with Crippen LogP contribution in [0.25, 0.3) is 0 Å². The molecular formula is C26H30O2. The summed E-state index contributed by atoms with van der Waals surface area (Å²) in [4.78, 5) is 0. The molecule has 28 heavy (non-hydrogen) atoms. The van der Waals surface area contributed by atoms with Crippen LogP contribution in [0.4, 0.5) is 0 Å². The molecule has 0 amide bonds. The van der Waals surface area contributed by atoms with Gasteiger partial charge in [0.25, 0.3) is 0 Å². The van der Waals surface area contributed by atoms with E-state index < -0.39 is 0 Å². The Morgan fingerprint density at radius 1 is 0.679 bits per heavy atom. The molecule has 0 aromatic heterocycles. The van der Waals surface area contributed by atoms with Crippen molar-refractivity contribution in [2.24, 2.45) is 0 Å². The van der Waals surface area contributed by atoms with E-state index in [-0.39, 0.29) is 5.41 Å².